The van der Waals surface area contributed by atoms with Crippen LogP contribution in [0.2, 0.25) is 0 Å². The maximum Gasteiger partial charge on any atom is 0.329 e. The second-order valence-electron chi connectivity index (χ2n) is 14.6. The molecule has 4 amide bonds. The first-order valence-electron chi connectivity index (χ1n) is 21.6. The van der Waals surface area contributed by atoms with Crippen molar-refractivity contribution >= 4 is 47.5 Å². The average Bonchev–Trinajstić information content (AvgIpc) is 3.31. The van der Waals surface area contributed by atoms with Gasteiger partial charge < -0.3 is 45.0 Å². The van der Waals surface area contributed by atoms with Crippen LogP contribution in [0.5, 0.6) is 5.75 Å². The minimum Gasteiger partial charge on any atom is -0.489 e. The third-order valence-corrected chi connectivity index (χ3v) is 9.62. The van der Waals surface area contributed by atoms with Crippen LogP contribution in [-0.2, 0) is 67.2 Å². The van der Waals surface area contributed by atoms with Gasteiger partial charge in [-0.1, -0.05) is 91.0 Å². The van der Waals surface area contributed by atoms with Gasteiger partial charge in [-0.05, 0) is 62.6 Å². The molecule has 0 aliphatic rings. The average molecular weight is 909 g/mol. The smallest absolute Gasteiger partial charge is 0.329 e. The van der Waals surface area contributed by atoms with E-state index in [1.807, 2.05) is 30.3 Å². The number of rotatable bonds is 25. The topological polar surface area (TPSA) is 231 Å². The lowest BCUT2D eigenvalue weighted by Crippen LogP contribution is -2.53. The molecule has 4 atom stereocenters. The van der Waals surface area contributed by atoms with Gasteiger partial charge >= 0.3 is 23.9 Å². The Morgan fingerprint density at radius 3 is 1.17 bits per heavy atom. The third kappa shape index (κ3) is 16.9. The molecule has 0 fully saturated rings. The van der Waals surface area contributed by atoms with Gasteiger partial charge in [0.05, 0.1) is 39.3 Å². The first kappa shape index (κ1) is 51.1. The molecule has 0 heterocycles. The first-order chi connectivity index (χ1) is 31.8. The highest BCUT2D eigenvalue weighted by molar-refractivity contribution is 6.03. The van der Waals surface area contributed by atoms with Gasteiger partial charge in [0.1, 0.15) is 36.5 Å². The van der Waals surface area contributed by atoms with Gasteiger partial charge in [0.25, 0.3) is 11.8 Å². The van der Waals surface area contributed by atoms with Crippen molar-refractivity contribution in [1.29, 1.82) is 0 Å². The number of benzene rings is 4. The zero-order chi connectivity index (χ0) is 47.8. The van der Waals surface area contributed by atoms with E-state index in [4.69, 9.17) is 23.7 Å². The van der Waals surface area contributed by atoms with Crippen molar-refractivity contribution in [3.05, 3.63) is 137 Å². The molecular weight excluding hydrogens is 853 g/mol. The summed E-state index contributed by atoms with van der Waals surface area (Å²) in [6.45, 7) is 6.38. The van der Waals surface area contributed by atoms with E-state index in [-0.39, 0.29) is 62.8 Å². The fourth-order valence-corrected chi connectivity index (χ4v) is 6.48. The first-order valence-corrected chi connectivity index (χ1v) is 21.6. The maximum atomic E-state index is 14.3. The van der Waals surface area contributed by atoms with Gasteiger partial charge in [-0.15, -0.1) is 0 Å². The van der Waals surface area contributed by atoms with Crippen LogP contribution in [0.1, 0.15) is 77.9 Å². The Hall–Kier alpha value is -7.56. The molecule has 0 bridgehead atoms. The van der Waals surface area contributed by atoms with Crippen molar-refractivity contribution < 1.29 is 62.0 Å². The zero-order valence-electron chi connectivity index (χ0n) is 37.4. The third-order valence-electron chi connectivity index (χ3n) is 9.62. The van der Waals surface area contributed by atoms with Crippen LogP contribution in [0.15, 0.2) is 109 Å². The molecule has 17 nitrogen and oxygen atoms in total. The fraction of sp³-hybridized carbons (Fsp3) is 0.347. The molecule has 4 aromatic carbocycles. The van der Waals surface area contributed by atoms with Crippen molar-refractivity contribution in [2.24, 2.45) is 0 Å². The van der Waals surface area contributed by atoms with E-state index in [0.717, 1.165) is 5.56 Å². The summed E-state index contributed by atoms with van der Waals surface area (Å²) in [4.78, 5) is 107. The monoisotopic (exact) mass is 908 g/mol. The fourth-order valence-electron chi connectivity index (χ4n) is 6.48. The van der Waals surface area contributed by atoms with E-state index in [2.05, 4.69) is 21.3 Å². The highest BCUT2D eigenvalue weighted by atomic mass is 16.5. The van der Waals surface area contributed by atoms with Crippen LogP contribution in [0.25, 0.3) is 0 Å². The minimum atomic E-state index is -1.43. The quantitative estimate of drug-likeness (QED) is 0.0546. The van der Waals surface area contributed by atoms with Crippen molar-refractivity contribution in [1.82, 2.24) is 21.3 Å². The maximum absolute atomic E-state index is 14.3. The molecule has 0 radical (unpaired) electrons. The molecule has 0 saturated heterocycles. The van der Waals surface area contributed by atoms with E-state index in [1.165, 1.54) is 18.2 Å². The van der Waals surface area contributed by atoms with Crippen LogP contribution < -0.4 is 26.0 Å². The molecule has 350 valence electrons. The molecule has 0 aromatic heterocycles. The largest absolute Gasteiger partial charge is 0.489 e. The van der Waals surface area contributed by atoms with Crippen LogP contribution in [0.3, 0.4) is 0 Å². The summed E-state index contributed by atoms with van der Waals surface area (Å²) in [6, 6.07) is 25.1. The number of ether oxygens (including phenoxy) is 5. The second kappa shape index (κ2) is 26.9. The predicted molar refractivity (Wildman–Crippen MR) is 240 cm³/mol. The highest BCUT2D eigenvalue weighted by Gasteiger charge is 2.32. The Morgan fingerprint density at radius 1 is 0.439 bits per heavy atom. The Morgan fingerprint density at radius 2 is 0.803 bits per heavy atom. The summed E-state index contributed by atoms with van der Waals surface area (Å²) in [6.07, 6.45) is -1.15. The normalized spacial score (nSPS) is 12.4. The van der Waals surface area contributed by atoms with Gasteiger partial charge in [0, 0.05) is 24.0 Å². The van der Waals surface area contributed by atoms with Crippen LogP contribution in [-0.4, -0.2) is 98.1 Å². The zero-order valence-corrected chi connectivity index (χ0v) is 37.4. The van der Waals surface area contributed by atoms with Gasteiger partial charge in [-0.2, -0.15) is 0 Å². The van der Waals surface area contributed by atoms with E-state index in [9.17, 15) is 38.4 Å². The molecule has 0 spiro atoms. The summed E-state index contributed by atoms with van der Waals surface area (Å²) in [5.74, 6) is -6.46. The summed E-state index contributed by atoms with van der Waals surface area (Å²) in [5, 5.41) is 10.5. The summed E-state index contributed by atoms with van der Waals surface area (Å²) in [5.41, 5.74) is 1.82. The molecule has 0 unspecified atom stereocenters. The van der Waals surface area contributed by atoms with Crippen molar-refractivity contribution in [3.63, 3.8) is 0 Å². The summed E-state index contributed by atoms with van der Waals surface area (Å²) >= 11 is 0. The summed E-state index contributed by atoms with van der Waals surface area (Å²) in [7, 11) is 0. The molecule has 4 aromatic rings. The molecule has 0 aliphatic heterocycles. The lowest BCUT2D eigenvalue weighted by Gasteiger charge is -2.23. The minimum absolute atomic E-state index is 0.0297. The molecular formula is C49H56N4O13. The number of hydrogen-bond donors (Lipinski definition) is 4. The Balaban J connectivity index is 1.70. The summed E-state index contributed by atoms with van der Waals surface area (Å²) < 4.78 is 26.3. The number of nitrogens with one attached hydrogen (secondary N) is 4. The predicted octanol–water partition coefficient (Wildman–Crippen LogP) is 3.95. The number of hydrogen-bond acceptors (Lipinski definition) is 13. The molecule has 4 rings (SSSR count). The highest BCUT2D eigenvalue weighted by Crippen LogP contribution is 2.21. The number of carbonyl (C=O) groups is 8. The van der Waals surface area contributed by atoms with Gasteiger partial charge in [0.15, 0.2) is 0 Å². The van der Waals surface area contributed by atoms with E-state index in [1.54, 1.807) is 88.4 Å². The molecule has 4 N–H and O–H groups in total. The number of esters is 4. The lowest BCUT2D eigenvalue weighted by atomic mass is 10.0. The van der Waals surface area contributed by atoms with Gasteiger partial charge in [0.2, 0.25) is 11.8 Å². The van der Waals surface area contributed by atoms with Crippen LogP contribution in [0.4, 0.5) is 0 Å². The number of carbonyl (C=O) groups excluding carboxylic acids is 8. The van der Waals surface area contributed by atoms with Crippen molar-refractivity contribution in [2.45, 2.75) is 84.2 Å². The molecule has 0 saturated carbocycles. The van der Waals surface area contributed by atoms with Crippen molar-refractivity contribution in [3.8, 4) is 5.75 Å². The SMILES string of the molecule is CCOC(=O)C[C@H](NC(=O)[C@H](Cc1ccccc1)NC(=O)c1cc(OCc2ccccc2)cc(C(=O)N[C@@H](Cc2ccccc2)C(=O)N[C@@H](CC(=O)OCC)C(=O)OCC)c1)C(=O)OCC. The Labute approximate surface area is 383 Å². The lowest BCUT2D eigenvalue weighted by molar-refractivity contribution is -0.153. The van der Waals surface area contributed by atoms with E-state index < -0.39 is 84.5 Å². The second-order valence-corrected chi connectivity index (χ2v) is 14.6. The Kier molecular flexibility index (Phi) is 20.8. The Bertz CT molecular complexity index is 2120. The van der Waals surface area contributed by atoms with Crippen molar-refractivity contribution in [2.75, 3.05) is 26.4 Å². The van der Waals surface area contributed by atoms with Gasteiger partial charge in [-0.25, -0.2) is 9.59 Å². The standard InChI is InChI=1S/C49H56N4O13/c1-5-62-42(54)29-40(48(60)64-7-3)52-46(58)38(24-32-18-12-9-13-19-32)50-44(56)35-26-36(28-37(27-35)66-31-34-22-16-11-17-23-34)45(57)51-39(25-33-20-14-10-15-21-33)47(59)53-41(49(61)65-8-4)30-43(55)63-6-2/h9-23,26-28,38-41H,5-8,24-25,29-31H2,1-4H3,(H,50,56)(H,51,57)(H,52,58)(H,53,59)/t38-,39-,40-,41-/m0/s1. The van der Waals surface area contributed by atoms with Crippen LogP contribution in [0, 0.1) is 0 Å². The van der Waals surface area contributed by atoms with Crippen LogP contribution >= 0.6 is 0 Å². The number of amides is 4. The van der Waals surface area contributed by atoms with E-state index in [0.29, 0.717) is 11.1 Å². The molecule has 0 aliphatic carbocycles. The molecule has 17 heteroatoms. The van der Waals surface area contributed by atoms with Gasteiger partial charge in [-0.3, -0.25) is 28.8 Å². The van der Waals surface area contributed by atoms with E-state index >= 15 is 0 Å². The molecule has 66 heavy (non-hydrogen) atoms.